The van der Waals surface area contributed by atoms with E-state index in [0.717, 1.165) is 23.6 Å². The summed E-state index contributed by atoms with van der Waals surface area (Å²) in [5.74, 6) is 1.55. The predicted octanol–water partition coefficient (Wildman–Crippen LogP) is 1.87. The molecule has 0 spiro atoms. The van der Waals surface area contributed by atoms with Crippen LogP contribution in [0.4, 0.5) is 0 Å². The van der Waals surface area contributed by atoms with Gasteiger partial charge in [-0.1, -0.05) is 0 Å². The molecule has 1 rings (SSSR count). The van der Waals surface area contributed by atoms with Crippen molar-refractivity contribution >= 4 is 12.6 Å². The van der Waals surface area contributed by atoms with Crippen LogP contribution in [0, 0.1) is 6.92 Å². The number of nitrogens with zero attached hydrogens (tertiary/aromatic N) is 1. The van der Waals surface area contributed by atoms with Gasteiger partial charge in [-0.15, -0.1) is 0 Å². The minimum absolute atomic E-state index is 0.726. The van der Waals surface area contributed by atoms with Crippen LogP contribution in [0.1, 0.15) is 11.1 Å². The first-order chi connectivity index (χ1) is 5.79. The molecule has 0 amide bonds. The summed E-state index contributed by atoms with van der Waals surface area (Å²) >= 11 is 4.18. The van der Waals surface area contributed by atoms with Crippen LogP contribution in [0.25, 0.3) is 0 Å². The first-order valence-electron chi connectivity index (χ1n) is 3.89. The van der Waals surface area contributed by atoms with Crippen molar-refractivity contribution in [2.45, 2.75) is 13.3 Å². The lowest BCUT2D eigenvalue weighted by atomic mass is 10.1. The lowest BCUT2D eigenvalue weighted by Crippen LogP contribution is -1.98. The maximum Gasteiger partial charge on any atom is 0.216 e. The quantitative estimate of drug-likeness (QED) is 0.723. The van der Waals surface area contributed by atoms with Gasteiger partial charge >= 0.3 is 0 Å². The predicted molar refractivity (Wildman–Crippen MR) is 53.1 cm³/mol. The highest BCUT2D eigenvalue weighted by atomic mass is 32.1. The molecule has 66 valence electrons. The van der Waals surface area contributed by atoms with Crippen molar-refractivity contribution in [3.63, 3.8) is 0 Å². The Labute approximate surface area is 78.4 Å². The van der Waals surface area contributed by atoms with E-state index in [1.165, 1.54) is 5.56 Å². The molecule has 0 radical (unpaired) electrons. The fraction of sp³-hybridized carbons (Fsp3) is 0.444. The Kier molecular flexibility index (Phi) is 3.41. The number of methoxy groups -OCH3 is 1. The maximum atomic E-state index is 5.13. The number of pyridine rings is 1. The highest BCUT2D eigenvalue weighted by molar-refractivity contribution is 7.80. The van der Waals surface area contributed by atoms with E-state index in [9.17, 15) is 0 Å². The Morgan fingerprint density at radius 2 is 2.33 bits per heavy atom. The molecule has 0 bridgehead atoms. The van der Waals surface area contributed by atoms with Crippen LogP contribution in [0.3, 0.4) is 0 Å². The number of ether oxygens (including phenoxy) is 1. The van der Waals surface area contributed by atoms with E-state index in [1.54, 1.807) is 13.3 Å². The summed E-state index contributed by atoms with van der Waals surface area (Å²) < 4.78 is 5.13. The van der Waals surface area contributed by atoms with Gasteiger partial charge < -0.3 is 4.74 Å². The standard InChI is InChI=1S/C9H13NOS/c1-7-3-5-10-9(11-2)8(7)4-6-12/h3,5,12H,4,6H2,1-2H3. The summed E-state index contributed by atoms with van der Waals surface area (Å²) in [6, 6.07) is 1.99. The van der Waals surface area contributed by atoms with Gasteiger partial charge in [-0.2, -0.15) is 12.6 Å². The summed E-state index contributed by atoms with van der Waals surface area (Å²) in [5, 5.41) is 0. The highest BCUT2D eigenvalue weighted by Crippen LogP contribution is 2.19. The first-order valence-corrected chi connectivity index (χ1v) is 4.52. The Hall–Kier alpha value is -0.700. The molecule has 3 heteroatoms. The third-order valence-electron chi connectivity index (χ3n) is 1.81. The molecule has 1 aromatic heterocycles. The molecular weight excluding hydrogens is 170 g/mol. The van der Waals surface area contributed by atoms with Crippen LogP contribution >= 0.6 is 12.6 Å². The van der Waals surface area contributed by atoms with E-state index >= 15 is 0 Å². The molecule has 0 aliphatic rings. The van der Waals surface area contributed by atoms with E-state index < -0.39 is 0 Å². The van der Waals surface area contributed by atoms with Crippen LogP contribution in [-0.4, -0.2) is 17.8 Å². The monoisotopic (exact) mass is 183 g/mol. The molecule has 12 heavy (non-hydrogen) atoms. The molecule has 1 heterocycles. The molecule has 0 saturated heterocycles. The van der Waals surface area contributed by atoms with E-state index in [0.29, 0.717) is 0 Å². The van der Waals surface area contributed by atoms with E-state index in [1.807, 2.05) is 6.07 Å². The first kappa shape index (κ1) is 9.39. The lowest BCUT2D eigenvalue weighted by molar-refractivity contribution is 0.392. The largest absolute Gasteiger partial charge is 0.481 e. The van der Waals surface area contributed by atoms with Crippen LogP contribution < -0.4 is 4.74 Å². The van der Waals surface area contributed by atoms with Gasteiger partial charge in [-0.05, 0) is 30.7 Å². The SMILES string of the molecule is COc1nccc(C)c1CCS. The minimum Gasteiger partial charge on any atom is -0.481 e. The van der Waals surface area contributed by atoms with Gasteiger partial charge in [0.05, 0.1) is 7.11 Å². The number of hydrogen-bond donors (Lipinski definition) is 1. The number of aryl methyl sites for hydroxylation is 1. The van der Waals surface area contributed by atoms with Crippen molar-refractivity contribution in [1.29, 1.82) is 0 Å². The third kappa shape index (κ3) is 1.91. The van der Waals surface area contributed by atoms with Crippen molar-refractivity contribution in [3.05, 3.63) is 23.4 Å². The second-order valence-corrected chi connectivity index (χ2v) is 3.04. The Balaban J connectivity index is 3.02. The summed E-state index contributed by atoms with van der Waals surface area (Å²) in [5.41, 5.74) is 2.38. The highest BCUT2D eigenvalue weighted by Gasteiger charge is 2.05. The zero-order valence-corrected chi connectivity index (χ0v) is 8.27. The van der Waals surface area contributed by atoms with Gasteiger partial charge in [0.15, 0.2) is 0 Å². The summed E-state index contributed by atoms with van der Waals surface area (Å²) in [6.45, 7) is 2.06. The molecule has 0 aliphatic carbocycles. The molecule has 0 N–H and O–H groups in total. The smallest absolute Gasteiger partial charge is 0.216 e. The van der Waals surface area contributed by atoms with Gasteiger partial charge in [0.25, 0.3) is 0 Å². The van der Waals surface area contributed by atoms with Gasteiger partial charge in [-0.25, -0.2) is 4.98 Å². The maximum absolute atomic E-state index is 5.13. The minimum atomic E-state index is 0.726. The third-order valence-corrected chi connectivity index (χ3v) is 2.03. The zero-order chi connectivity index (χ0) is 8.97. The number of rotatable bonds is 3. The van der Waals surface area contributed by atoms with E-state index in [2.05, 4.69) is 24.5 Å². The lowest BCUT2D eigenvalue weighted by Gasteiger charge is -2.08. The zero-order valence-electron chi connectivity index (χ0n) is 7.37. The van der Waals surface area contributed by atoms with Gasteiger partial charge in [0.2, 0.25) is 5.88 Å². The molecule has 2 nitrogen and oxygen atoms in total. The average molecular weight is 183 g/mol. The molecule has 0 aliphatic heterocycles. The molecule has 0 unspecified atom stereocenters. The van der Waals surface area contributed by atoms with Crippen molar-refractivity contribution < 1.29 is 4.74 Å². The van der Waals surface area contributed by atoms with E-state index in [-0.39, 0.29) is 0 Å². The average Bonchev–Trinajstić information content (AvgIpc) is 2.09. The topological polar surface area (TPSA) is 22.1 Å². The summed E-state index contributed by atoms with van der Waals surface area (Å²) in [4.78, 5) is 4.12. The summed E-state index contributed by atoms with van der Waals surface area (Å²) in [6.07, 6.45) is 2.67. The number of hydrogen-bond acceptors (Lipinski definition) is 3. The van der Waals surface area contributed by atoms with Crippen LogP contribution in [0.2, 0.25) is 0 Å². The fourth-order valence-corrected chi connectivity index (χ4v) is 1.38. The summed E-state index contributed by atoms with van der Waals surface area (Å²) in [7, 11) is 1.64. The van der Waals surface area contributed by atoms with Crippen molar-refractivity contribution in [2.24, 2.45) is 0 Å². The van der Waals surface area contributed by atoms with Crippen molar-refractivity contribution in [3.8, 4) is 5.88 Å². The van der Waals surface area contributed by atoms with E-state index in [4.69, 9.17) is 4.74 Å². The molecule has 0 fully saturated rings. The molecule has 0 aromatic carbocycles. The molecule has 1 aromatic rings. The van der Waals surface area contributed by atoms with Gasteiger partial charge in [0.1, 0.15) is 0 Å². The fourth-order valence-electron chi connectivity index (χ4n) is 1.16. The van der Waals surface area contributed by atoms with Crippen LogP contribution in [0.5, 0.6) is 5.88 Å². The number of thiol groups is 1. The van der Waals surface area contributed by atoms with Gasteiger partial charge in [0, 0.05) is 11.8 Å². The Morgan fingerprint density at radius 1 is 1.58 bits per heavy atom. The number of aromatic nitrogens is 1. The van der Waals surface area contributed by atoms with Gasteiger partial charge in [-0.3, -0.25) is 0 Å². The Bertz CT molecular complexity index is 263. The van der Waals surface area contributed by atoms with Crippen molar-refractivity contribution in [1.82, 2.24) is 4.98 Å². The van der Waals surface area contributed by atoms with Crippen LogP contribution in [0.15, 0.2) is 12.3 Å². The molecule has 0 saturated carbocycles. The normalized spacial score (nSPS) is 9.92. The second kappa shape index (κ2) is 4.36. The Morgan fingerprint density at radius 3 is 2.92 bits per heavy atom. The molecule has 0 atom stereocenters. The van der Waals surface area contributed by atoms with Crippen LogP contribution in [-0.2, 0) is 6.42 Å². The molecular formula is C9H13NOS. The second-order valence-electron chi connectivity index (χ2n) is 2.59. The van der Waals surface area contributed by atoms with Crippen molar-refractivity contribution in [2.75, 3.05) is 12.9 Å².